The van der Waals surface area contributed by atoms with Gasteiger partial charge < -0.3 is 9.64 Å². The van der Waals surface area contributed by atoms with Gasteiger partial charge >= 0.3 is 0 Å². The van der Waals surface area contributed by atoms with Gasteiger partial charge in [0.1, 0.15) is 5.75 Å². The molecule has 0 heterocycles. The van der Waals surface area contributed by atoms with Crippen molar-refractivity contribution in [3.8, 4) is 5.75 Å². The molecule has 0 bridgehead atoms. The zero-order valence-corrected chi connectivity index (χ0v) is 13.5. The number of likely N-dealkylation sites (N-methyl/N-ethyl adjacent to an activating group) is 1. The van der Waals surface area contributed by atoms with Gasteiger partial charge in [0.2, 0.25) is 0 Å². The lowest BCUT2D eigenvalue weighted by Gasteiger charge is -2.28. The number of rotatable bonds is 6. The molecule has 0 aliphatic heterocycles. The fraction of sp³-hybridized carbons (Fsp3) is 0.316. The maximum absolute atomic E-state index is 12.4. The Hall–Kier alpha value is -2.29. The van der Waals surface area contributed by atoms with E-state index in [9.17, 15) is 4.79 Å². The molecule has 0 saturated heterocycles. The van der Waals surface area contributed by atoms with Gasteiger partial charge in [0.15, 0.2) is 6.61 Å². The van der Waals surface area contributed by atoms with E-state index in [-0.39, 0.29) is 18.6 Å². The van der Waals surface area contributed by atoms with E-state index in [1.807, 2.05) is 80.3 Å². The molecule has 2 rings (SSSR count). The second kappa shape index (κ2) is 7.64. The minimum Gasteiger partial charge on any atom is -0.484 e. The summed E-state index contributed by atoms with van der Waals surface area (Å²) >= 11 is 0. The van der Waals surface area contributed by atoms with E-state index in [1.165, 1.54) is 5.56 Å². The predicted octanol–water partition coefficient (Wildman–Crippen LogP) is 3.98. The van der Waals surface area contributed by atoms with Crippen molar-refractivity contribution in [2.75, 3.05) is 13.2 Å². The largest absolute Gasteiger partial charge is 0.484 e. The smallest absolute Gasteiger partial charge is 0.260 e. The predicted molar refractivity (Wildman–Crippen MR) is 88.9 cm³/mol. The van der Waals surface area contributed by atoms with Crippen LogP contribution in [0.1, 0.15) is 31.0 Å². The first-order chi connectivity index (χ1) is 10.6. The van der Waals surface area contributed by atoms with Gasteiger partial charge in [0, 0.05) is 6.54 Å². The monoisotopic (exact) mass is 297 g/mol. The van der Waals surface area contributed by atoms with Gasteiger partial charge in [-0.25, -0.2) is 0 Å². The Morgan fingerprint density at radius 2 is 1.73 bits per heavy atom. The Morgan fingerprint density at radius 3 is 2.32 bits per heavy atom. The molecule has 0 aromatic heterocycles. The standard InChI is InChI=1S/C19H23NO2/c1-4-20(16(3)17-8-6-5-7-9-17)19(21)14-22-18-12-10-15(2)11-13-18/h5-13,16H,4,14H2,1-3H3. The third kappa shape index (κ3) is 4.10. The summed E-state index contributed by atoms with van der Waals surface area (Å²) in [7, 11) is 0. The average Bonchev–Trinajstić information content (AvgIpc) is 2.55. The molecule has 1 atom stereocenters. The molecule has 1 unspecified atom stereocenters. The number of hydrogen-bond donors (Lipinski definition) is 0. The average molecular weight is 297 g/mol. The van der Waals surface area contributed by atoms with Crippen LogP contribution in [-0.4, -0.2) is 24.0 Å². The maximum Gasteiger partial charge on any atom is 0.260 e. The first-order valence-electron chi connectivity index (χ1n) is 7.65. The SMILES string of the molecule is CCN(C(=O)COc1ccc(C)cc1)C(C)c1ccccc1. The van der Waals surface area contributed by atoms with Crippen LogP contribution >= 0.6 is 0 Å². The molecule has 2 aromatic rings. The third-order valence-corrected chi connectivity index (χ3v) is 3.79. The molecule has 116 valence electrons. The van der Waals surface area contributed by atoms with E-state index in [1.54, 1.807) is 0 Å². The van der Waals surface area contributed by atoms with Gasteiger partial charge in [-0.3, -0.25) is 4.79 Å². The number of carbonyl (C=O) groups excluding carboxylic acids is 1. The van der Waals surface area contributed by atoms with Crippen molar-refractivity contribution < 1.29 is 9.53 Å². The summed E-state index contributed by atoms with van der Waals surface area (Å²) in [4.78, 5) is 14.3. The zero-order valence-electron chi connectivity index (χ0n) is 13.5. The van der Waals surface area contributed by atoms with Crippen LogP contribution in [0.2, 0.25) is 0 Å². The number of carbonyl (C=O) groups is 1. The lowest BCUT2D eigenvalue weighted by molar-refractivity contribution is -0.135. The number of hydrogen-bond acceptors (Lipinski definition) is 2. The van der Waals surface area contributed by atoms with E-state index in [0.717, 1.165) is 11.3 Å². The Bertz CT molecular complexity index is 593. The highest BCUT2D eigenvalue weighted by molar-refractivity contribution is 5.78. The van der Waals surface area contributed by atoms with Crippen LogP contribution in [0, 0.1) is 6.92 Å². The highest BCUT2D eigenvalue weighted by Crippen LogP contribution is 2.20. The van der Waals surface area contributed by atoms with Crippen molar-refractivity contribution in [1.82, 2.24) is 4.90 Å². The minimum atomic E-state index is -0.000530. The molecule has 0 saturated carbocycles. The van der Waals surface area contributed by atoms with Crippen molar-refractivity contribution >= 4 is 5.91 Å². The van der Waals surface area contributed by atoms with Crippen LogP contribution in [0.3, 0.4) is 0 Å². The second-order valence-electron chi connectivity index (χ2n) is 5.37. The lowest BCUT2D eigenvalue weighted by Crippen LogP contribution is -2.36. The molecule has 0 spiro atoms. The normalized spacial score (nSPS) is 11.8. The van der Waals surface area contributed by atoms with E-state index < -0.39 is 0 Å². The number of amides is 1. The van der Waals surface area contributed by atoms with Crippen LogP contribution < -0.4 is 4.74 Å². The van der Waals surface area contributed by atoms with Crippen LogP contribution in [0.15, 0.2) is 54.6 Å². The van der Waals surface area contributed by atoms with Crippen LogP contribution in [0.4, 0.5) is 0 Å². The molecule has 0 aliphatic carbocycles. The fourth-order valence-corrected chi connectivity index (χ4v) is 2.44. The fourth-order valence-electron chi connectivity index (χ4n) is 2.44. The summed E-state index contributed by atoms with van der Waals surface area (Å²) < 4.78 is 5.60. The summed E-state index contributed by atoms with van der Waals surface area (Å²) in [6.07, 6.45) is 0. The van der Waals surface area contributed by atoms with Crippen molar-refractivity contribution in [2.45, 2.75) is 26.8 Å². The Morgan fingerprint density at radius 1 is 1.09 bits per heavy atom. The molecule has 1 amide bonds. The van der Waals surface area contributed by atoms with Gasteiger partial charge in [0.25, 0.3) is 5.91 Å². The van der Waals surface area contributed by atoms with Gasteiger partial charge in [-0.15, -0.1) is 0 Å². The second-order valence-corrected chi connectivity index (χ2v) is 5.37. The van der Waals surface area contributed by atoms with Crippen LogP contribution in [-0.2, 0) is 4.79 Å². The molecular formula is C19H23NO2. The Balaban J connectivity index is 1.98. The third-order valence-electron chi connectivity index (χ3n) is 3.79. The quantitative estimate of drug-likeness (QED) is 0.807. The Labute approximate surface area is 132 Å². The van der Waals surface area contributed by atoms with E-state index in [4.69, 9.17) is 4.74 Å². The highest BCUT2D eigenvalue weighted by atomic mass is 16.5. The molecule has 0 fully saturated rings. The number of aryl methyl sites for hydroxylation is 1. The van der Waals surface area contributed by atoms with Gasteiger partial charge in [-0.2, -0.15) is 0 Å². The molecule has 0 radical (unpaired) electrons. The van der Waals surface area contributed by atoms with Gasteiger partial charge in [0.05, 0.1) is 6.04 Å². The number of nitrogens with zero attached hydrogens (tertiary/aromatic N) is 1. The van der Waals surface area contributed by atoms with Crippen LogP contribution in [0.5, 0.6) is 5.75 Å². The lowest BCUT2D eigenvalue weighted by atomic mass is 10.1. The summed E-state index contributed by atoms with van der Waals surface area (Å²) in [6, 6.07) is 17.8. The van der Waals surface area contributed by atoms with Crippen molar-refractivity contribution in [1.29, 1.82) is 0 Å². The van der Waals surface area contributed by atoms with Crippen molar-refractivity contribution in [3.05, 3.63) is 65.7 Å². The van der Waals surface area contributed by atoms with Crippen molar-refractivity contribution in [3.63, 3.8) is 0 Å². The molecule has 0 N–H and O–H groups in total. The van der Waals surface area contributed by atoms with Gasteiger partial charge in [-0.05, 0) is 38.5 Å². The summed E-state index contributed by atoms with van der Waals surface area (Å²) in [5.41, 5.74) is 2.31. The summed E-state index contributed by atoms with van der Waals surface area (Å²) in [5, 5.41) is 0. The molecule has 3 heteroatoms. The zero-order chi connectivity index (χ0) is 15.9. The number of ether oxygens (including phenoxy) is 1. The summed E-state index contributed by atoms with van der Waals surface area (Å²) in [5.74, 6) is 0.724. The van der Waals surface area contributed by atoms with Crippen molar-refractivity contribution in [2.24, 2.45) is 0 Å². The highest BCUT2D eigenvalue weighted by Gasteiger charge is 2.20. The molecule has 2 aromatic carbocycles. The number of benzene rings is 2. The van der Waals surface area contributed by atoms with Gasteiger partial charge in [-0.1, -0.05) is 48.0 Å². The first-order valence-corrected chi connectivity index (χ1v) is 7.65. The summed E-state index contributed by atoms with van der Waals surface area (Å²) in [6.45, 7) is 6.78. The first kappa shape index (κ1) is 16.1. The molecular weight excluding hydrogens is 274 g/mol. The maximum atomic E-state index is 12.4. The van der Waals surface area contributed by atoms with Crippen LogP contribution in [0.25, 0.3) is 0 Å². The molecule has 22 heavy (non-hydrogen) atoms. The van der Waals surface area contributed by atoms with E-state index in [2.05, 4.69) is 0 Å². The topological polar surface area (TPSA) is 29.5 Å². The van der Waals surface area contributed by atoms with E-state index in [0.29, 0.717) is 6.54 Å². The molecule has 3 nitrogen and oxygen atoms in total. The molecule has 0 aliphatic rings. The van der Waals surface area contributed by atoms with E-state index >= 15 is 0 Å². The minimum absolute atomic E-state index is 0.000530. The Kier molecular flexibility index (Phi) is 5.59.